The molecule has 0 bridgehead atoms. The maximum Gasteiger partial charge on any atom is 0.420 e. The van der Waals surface area contributed by atoms with E-state index in [2.05, 4.69) is 19.2 Å². The van der Waals surface area contributed by atoms with Gasteiger partial charge in [0.15, 0.2) is 5.58 Å². The zero-order chi connectivity index (χ0) is 15.9. The number of carbonyl (C=O) groups is 1. The Balaban J connectivity index is 1.79. The van der Waals surface area contributed by atoms with Gasteiger partial charge in [0.2, 0.25) is 5.91 Å². The van der Waals surface area contributed by atoms with Crippen molar-refractivity contribution in [3.8, 4) is 0 Å². The van der Waals surface area contributed by atoms with Gasteiger partial charge in [-0.05, 0) is 24.5 Å². The normalized spacial score (nSPS) is 11.2. The summed E-state index contributed by atoms with van der Waals surface area (Å²) >= 11 is 0. The van der Waals surface area contributed by atoms with E-state index in [1.165, 1.54) is 4.57 Å². The monoisotopic (exact) mass is 306 g/mol. The van der Waals surface area contributed by atoms with Crippen molar-refractivity contribution in [3.05, 3.63) is 34.8 Å². The fraction of sp³-hybridized carbons (Fsp3) is 0.500. The van der Waals surface area contributed by atoms with Crippen LogP contribution in [0.1, 0.15) is 20.3 Å². The lowest BCUT2D eigenvalue weighted by Gasteiger charge is -2.08. The number of oxazole rings is 1. The Bertz CT molecular complexity index is 672. The third-order valence-electron chi connectivity index (χ3n) is 3.11. The average Bonchev–Trinajstić information content (AvgIpc) is 2.79. The smallest absolute Gasteiger partial charge is 0.408 e. The summed E-state index contributed by atoms with van der Waals surface area (Å²) in [5, 5.41) is 2.78. The Labute approximate surface area is 129 Å². The summed E-state index contributed by atoms with van der Waals surface area (Å²) in [6.45, 7) is 6.02. The molecule has 0 spiro atoms. The highest BCUT2D eigenvalue weighted by Crippen LogP contribution is 2.11. The molecule has 0 aliphatic heterocycles. The van der Waals surface area contributed by atoms with Crippen LogP contribution in [0.25, 0.3) is 11.1 Å². The molecule has 0 radical (unpaired) electrons. The van der Waals surface area contributed by atoms with Gasteiger partial charge in [-0.15, -0.1) is 0 Å². The third-order valence-corrected chi connectivity index (χ3v) is 3.11. The molecule has 1 aromatic heterocycles. The first-order valence-corrected chi connectivity index (χ1v) is 7.50. The highest BCUT2D eigenvalue weighted by atomic mass is 16.5. The predicted octanol–water partition coefficient (Wildman–Crippen LogP) is 1.77. The van der Waals surface area contributed by atoms with Crippen molar-refractivity contribution < 1.29 is 13.9 Å². The Kier molecular flexibility index (Phi) is 5.77. The molecule has 22 heavy (non-hydrogen) atoms. The van der Waals surface area contributed by atoms with Crippen LogP contribution in [-0.2, 0) is 16.1 Å². The van der Waals surface area contributed by atoms with Gasteiger partial charge >= 0.3 is 5.76 Å². The Morgan fingerprint density at radius 2 is 2.14 bits per heavy atom. The number of rotatable bonds is 8. The lowest BCUT2D eigenvalue weighted by atomic mass is 10.2. The first-order valence-electron chi connectivity index (χ1n) is 7.50. The molecule has 2 rings (SSSR count). The van der Waals surface area contributed by atoms with Crippen LogP contribution in [0.5, 0.6) is 0 Å². The van der Waals surface area contributed by atoms with E-state index in [-0.39, 0.29) is 12.5 Å². The molecule has 1 amide bonds. The van der Waals surface area contributed by atoms with Gasteiger partial charge in [0.25, 0.3) is 0 Å². The number of fused-ring (bicyclic) bond motifs is 1. The second-order valence-electron chi connectivity index (χ2n) is 5.59. The molecule has 120 valence electrons. The number of para-hydroxylation sites is 2. The average molecular weight is 306 g/mol. The minimum atomic E-state index is -0.517. The van der Waals surface area contributed by atoms with Crippen molar-refractivity contribution >= 4 is 17.0 Å². The van der Waals surface area contributed by atoms with Crippen molar-refractivity contribution in [1.82, 2.24) is 9.88 Å². The fourth-order valence-corrected chi connectivity index (χ4v) is 2.08. The van der Waals surface area contributed by atoms with Crippen LogP contribution in [0, 0.1) is 5.92 Å². The van der Waals surface area contributed by atoms with E-state index >= 15 is 0 Å². The molecule has 0 unspecified atom stereocenters. The number of nitrogens with one attached hydrogen (secondary N) is 1. The highest BCUT2D eigenvalue weighted by Gasteiger charge is 2.11. The van der Waals surface area contributed by atoms with Crippen molar-refractivity contribution in [2.24, 2.45) is 5.92 Å². The standard InChI is InChI=1S/C16H22N2O4/c1-12(2)11-21-9-5-8-17-15(19)10-18-13-6-3-4-7-14(13)22-16(18)20/h3-4,6-7,12H,5,8-11H2,1-2H3,(H,17,19). The van der Waals surface area contributed by atoms with Crippen LogP contribution in [0.2, 0.25) is 0 Å². The molecule has 1 aromatic carbocycles. The summed E-state index contributed by atoms with van der Waals surface area (Å²) < 4.78 is 11.9. The number of hydrogen-bond acceptors (Lipinski definition) is 4. The Morgan fingerprint density at radius 3 is 2.91 bits per heavy atom. The predicted molar refractivity (Wildman–Crippen MR) is 83.8 cm³/mol. The van der Waals surface area contributed by atoms with Crippen molar-refractivity contribution in [1.29, 1.82) is 0 Å². The lowest BCUT2D eigenvalue weighted by molar-refractivity contribution is -0.121. The third kappa shape index (κ3) is 4.46. The first kappa shape index (κ1) is 16.3. The van der Waals surface area contributed by atoms with Crippen LogP contribution in [0.4, 0.5) is 0 Å². The van der Waals surface area contributed by atoms with E-state index in [4.69, 9.17) is 9.15 Å². The SMILES string of the molecule is CC(C)COCCCNC(=O)Cn1c(=O)oc2ccccc21. The van der Waals surface area contributed by atoms with E-state index < -0.39 is 5.76 Å². The van der Waals surface area contributed by atoms with Crippen LogP contribution in [0.3, 0.4) is 0 Å². The Morgan fingerprint density at radius 1 is 1.36 bits per heavy atom. The van der Waals surface area contributed by atoms with Gasteiger partial charge in [-0.1, -0.05) is 26.0 Å². The number of aromatic nitrogens is 1. The molecule has 0 aliphatic carbocycles. The van der Waals surface area contributed by atoms with Gasteiger partial charge in [-0.3, -0.25) is 9.36 Å². The zero-order valence-electron chi connectivity index (χ0n) is 13.0. The molecule has 1 heterocycles. The van der Waals surface area contributed by atoms with Crippen LogP contribution in [-0.4, -0.2) is 30.2 Å². The molecule has 6 heteroatoms. The number of carbonyl (C=O) groups excluding carboxylic acids is 1. The molecule has 0 fully saturated rings. The molecule has 0 saturated carbocycles. The second-order valence-corrected chi connectivity index (χ2v) is 5.59. The second kappa shape index (κ2) is 7.79. The molecular weight excluding hydrogens is 284 g/mol. The zero-order valence-corrected chi connectivity index (χ0v) is 13.0. The van der Waals surface area contributed by atoms with Crippen LogP contribution in [0.15, 0.2) is 33.5 Å². The lowest BCUT2D eigenvalue weighted by Crippen LogP contribution is -2.31. The van der Waals surface area contributed by atoms with E-state index in [1.54, 1.807) is 24.3 Å². The summed E-state index contributed by atoms with van der Waals surface area (Å²) in [6, 6.07) is 7.05. The van der Waals surface area contributed by atoms with Crippen molar-refractivity contribution in [3.63, 3.8) is 0 Å². The van der Waals surface area contributed by atoms with Crippen molar-refractivity contribution in [2.75, 3.05) is 19.8 Å². The fourth-order valence-electron chi connectivity index (χ4n) is 2.08. The molecule has 6 nitrogen and oxygen atoms in total. The minimum Gasteiger partial charge on any atom is -0.408 e. The van der Waals surface area contributed by atoms with Crippen molar-refractivity contribution in [2.45, 2.75) is 26.8 Å². The van der Waals surface area contributed by atoms with E-state index in [0.717, 1.165) is 13.0 Å². The molecule has 0 saturated heterocycles. The van der Waals surface area contributed by atoms with E-state index in [1.807, 2.05) is 0 Å². The molecule has 2 aromatic rings. The van der Waals surface area contributed by atoms with E-state index in [9.17, 15) is 9.59 Å². The minimum absolute atomic E-state index is 0.0390. The van der Waals surface area contributed by atoms with Gasteiger partial charge < -0.3 is 14.5 Å². The maximum atomic E-state index is 11.9. The summed E-state index contributed by atoms with van der Waals surface area (Å²) in [7, 11) is 0. The number of benzene rings is 1. The van der Waals surface area contributed by atoms with Gasteiger partial charge in [-0.2, -0.15) is 0 Å². The number of nitrogens with zero attached hydrogens (tertiary/aromatic N) is 1. The van der Waals surface area contributed by atoms with Gasteiger partial charge in [0.1, 0.15) is 6.54 Å². The Hall–Kier alpha value is -2.08. The molecular formula is C16H22N2O4. The first-order chi connectivity index (χ1) is 10.6. The molecule has 0 atom stereocenters. The number of amides is 1. The van der Waals surface area contributed by atoms with Gasteiger partial charge in [-0.25, -0.2) is 4.79 Å². The van der Waals surface area contributed by atoms with Crippen LogP contribution >= 0.6 is 0 Å². The van der Waals surface area contributed by atoms with Crippen LogP contribution < -0.4 is 11.1 Å². The largest absolute Gasteiger partial charge is 0.420 e. The topological polar surface area (TPSA) is 73.5 Å². The van der Waals surface area contributed by atoms with E-state index in [0.29, 0.717) is 30.2 Å². The summed E-state index contributed by atoms with van der Waals surface area (Å²) in [4.78, 5) is 23.6. The van der Waals surface area contributed by atoms with Gasteiger partial charge in [0.05, 0.1) is 5.52 Å². The van der Waals surface area contributed by atoms with Gasteiger partial charge in [0, 0.05) is 19.8 Å². The number of hydrogen-bond donors (Lipinski definition) is 1. The maximum absolute atomic E-state index is 11.9. The quantitative estimate of drug-likeness (QED) is 0.754. The molecule has 1 N–H and O–H groups in total. The summed E-state index contributed by atoms with van der Waals surface area (Å²) in [6.07, 6.45) is 0.749. The molecule has 0 aliphatic rings. The number of ether oxygens (including phenoxy) is 1. The summed E-state index contributed by atoms with van der Waals surface area (Å²) in [5.74, 6) is -0.218. The summed E-state index contributed by atoms with van der Waals surface area (Å²) in [5.41, 5.74) is 1.12. The highest BCUT2D eigenvalue weighted by molar-refractivity contribution is 5.79.